The number of carbonyl (C=O) groups excluding carboxylic acids is 3. The summed E-state index contributed by atoms with van der Waals surface area (Å²) in [4.78, 5) is 49.4. The van der Waals surface area contributed by atoms with Crippen molar-refractivity contribution in [1.29, 1.82) is 10.5 Å². The van der Waals surface area contributed by atoms with E-state index in [9.17, 15) is 35.1 Å². The van der Waals surface area contributed by atoms with E-state index in [4.69, 9.17) is 4.74 Å². The third kappa shape index (κ3) is 13.6. The molecule has 2 atom stereocenters. The summed E-state index contributed by atoms with van der Waals surface area (Å²) in [7, 11) is 0. The number of rotatable bonds is 10. The third-order valence-electron chi connectivity index (χ3n) is 15.2. The quantitative estimate of drug-likeness (QED) is 0.142. The number of benzene rings is 4. The number of nitrogens with one attached hydrogen (secondary N) is 1. The van der Waals surface area contributed by atoms with Gasteiger partial charge in [0.15, 0.2) is 0 Å². The summed E-state index contributed by atoms with van der Waals surface area (Å²) in [5.41, 5.74) is 11.2. The van der Waals surface area contributed by atoms with E-state index in [1.807, 2.05) is 88.0 Å². The lowest BCUT2D eigenvalue weighted by molar-refractivity contribution is -0.00986. The van der Waals surface area contributed by atoms with Gasteiger partial charge in [0.05, 0.1) is 41.8 Å². The molecule has 0 bridgehead atoms. The van der Waals surface area contributed by atoms with Gasteiger partial charge in [-0.15, -0.1) is 0 Å². The maximum absolute atomic E-state index is 13.7. The fourth-order valence-electron chi connectivity index (χ4n) is 11.0. The van der Waals surface area contributed by atoms with Crippen molar-refractivity contribution >= 4 is 29.3 Å². The molecule has 0 aromatic heterocycles. The molecule has 4 aromatic carbocycles. The molecule has 0 saturated carbocycles. The number of aryl methyl sites for hydroxylation is 4. The maximum Gasteiger partial charge on any atom is 0.410 e. The lowest BCUT2D eigenvalue weighted by Gasteiger charge is -2.41. The van der Waals surface area contributed by atoms with Gasteiger partial charge in [-0.2, -0.15) is 10.5 Å². The number of hydrogen-bond donors (Lipinski definition) is 3. The minimum atomic E-state index is -0.628. The van der Waals surface area contributed by atoms with Crippen LogP contribution in [0.2, 0.25) is 0 Å². The van der Waals surface area contributed by atoms with Gasteiger partial charge in [0.1, 0.15) is 17.7 Å². The fourth-order valence-corrected chi connectivity index (χ4v) is 11.0. The Morgan fingerprint density at radius 1 is 0.630 bits per heavy atom. The van der Waals surface area contributed by atoms with E-state index in [1.165, 1.54) is 27.2 Å². The van der Waals surface area contributed by atoms with E-state index in [0.717, 1.165) is 98.3 Å². The van der Waals surface area contributed by atoms with Gasteiger partial charge in [-0.1, -0.05) is 36.4 Å². The summed E-state index contributed by atoms with van der Waals surface area (Å²) in [5.74, 6) is 1.07. The lowest BCUT2D eigenvalue weighted by atomic mass is 9.86. The van der Waals surface area contributed by atoms with Crippen molar-refractivity contribution < 1.29 is 29.3 Å². The average Bonchev–Trinajstić information content (AvgIpc) is 3.39. The molecule has 14 nitrogen and oxygen atoms in total. The number of hydrogen-bond acceptors (Lipinski definition) is 11. The Kier molecular flexibility index (Phi) is 18.2. The predicted octanol–water partition coefficient (Wildman–Crippen LogP) is 7.73. The number of nitrogens with zero attached hydrogens (tertiary/aromatic N) is 7. The summed E-state index contributed by atoms with van der Waals surface area (Å²) in [6.45, 7) is 20.1. The largest absolute Gasteiger partial charge is 0.444 e. The molecule has 4 aliphatic rings. The van der Waals surface area contributed by atoms with Gasteiger partial charge in [-0.3, -0.25) is 14.5 Å². The van der Waals surface area contributed by atoms with Crippen LogP contribution in [0.4, 0.5) is 16.2 Å². The molecule has 0 spiro atoms. The molecule has 3 amide bonds. The normalized spacial score (nSPS) is 18.9. The Balaban J connectivity index is 0.000000218. The zero-order chi connectivity index (χ0) is 52.4. The second kappa shape index (κ2) is 24.5. The van der Waals surface area contributed by atoms with Crippen molar-refractivity contribution in [2.45, 2.75) is 105 Å². The van der Waals surface area contributed by atoms with Crippen LogP contribution in [0.3, 0.4) is 0 Å². The molecule has 0 radical (unpaired) electrons. The van der Waals surface area contributed by atoms with Crippen molar-refractivity contribution in [1.82, 2.24) is 20.0 Å². The Hall–Kier alpha value is -6.45. The number of aliphatic hydroxyl groups excluding tert-OH is 2. The monoisotopic (exact) mass is 993 g/mol. The maximum atomic E-state index is 13.7. The van der Waals surface area contributed by atoms with Crippen LogP contribution in [-0.2, 0) is 17.6 Å². The van der Waals surface area contributed by atoms with Crippen LogP contribution >= 0.6 is 0 Å². The SMILES string of the molecule is Cc1cc(C)c(C(=O)N2CCN(C(=O)OC(C)(C)C)[C@H](CO)C2)cc1CC1CCN(c2ccccc2C#N)CC1.Cc1cc(C)c(C(=O)N2CCN[C@H](CO)C2)cc1CC1CCN(c2ccccc2C#N)CC1. The van der Waals surface area contributed by atoms with Crippen LogP contribution in [0.5, 0.6) is 0 Å². The van der Waals surface area contributed by atoms with E-state index < -0.39 is 17.7 Å². The number of anilines is 2. The molecule has 4 aliphatic heterocycles. The number of nitriles is 2. The highest BCUT2D eigenvalue weighted by Crippen LogP contribution is 2.32. The average molecular weight is 993 g/mol. The Bertz CT molecular complexity index is 2670. The van der Waals surface area contributed by atoms with Crippen molar-refractivity contribution in [3.8, 4) is 12.1 Å². The topological polar surface area (TPSA) is 177 Å². The highest BCUT2D eigenvalue weighted by atomic mass is 16.6. The second-order valence-electron chi connectivity index (χ2n) is 21.6. The minimum Gasteiger partial charge on any atom is -0.444 e. The third-order valence-corrected chi connectivity index (χ3v) is 15.2. The molecule has 4 aromatic rings. The van der Waals surface area contributed by atoms with Gasteiger partial charge in [0, 0.05) is 82.6 Å². The minimum absolute atomic E-state index is 0.0411. The molecule has 14 heteroatoms. The first kappa shape index (κ1) is 54.3. The van der Waals surface area contributed by atoms with E-state index in [2.05, 4.69) is 65.4 Å². The predicted molar refractivity (Wildman–Crippen MR) is 286 cm³/mol. The zero-order valence-electron chi connectivity index (χ0n) is 44.1. The fraction of sp³-hybridized carbons (Fsp3) is 0.508. The van der Waals surface area contributed by atoms with Gasteiger partial charge < -0.3 is 39.9 Å². The molecule has 0 aliphatic carbocycles. The smallest absolute Gasteiger partial charge is 0.410 e. The van der Waals surface area contributed by atoms with Crippen LogP contribution in [0, 0.1) is 62.2 Å². The number of carbonyl (C=O) groups is 3. The molecule has 0 unspecified atom stereocenters. The zero-order valence-corrected chi connectivity index (χ0v) is 44.1. The highest BCUT2D eigenvalue weighted by molar-refractivity contribution is 5.97. The molecular formula is C59H76N8O6. The molecule has 4 fully saturated rings. The lowest BCUT2D eigenvalue weighted by Crippen LogP contribution is -2.58. The number of aliphatic hydroxyl groups is 2. The highest BCUT2D eigenvalue weighted by Gasteiger charge is 2.36. The molecule has 8 rings (SSSR count). The summed E-state index contributed by atoms with van der Waals surface area (Å²) in [6.07, 6.45) is 5.63. The van der Waals surface area contributed by atoms with Crippen LogP contribution in [0.15, 0.2) is 72.8 Å². The number of amides is 3. The van der Waals surface area contributed by atoms with Gasteiger partial charge in [-0.05, 0) is 169 Å². The Morgan fingerprint density at radius 3 is 1.53 bits per heavy atom. The van der Waals surface area contributed by atoms with E-state index >= 15 is 0 Å². The first-order valence-electron chi connectivity index (χ1n) is 26.2. The standard InChI is InChI=1S/C32H42N4O4.C27H34N4O2/c1-22-16-23(2)28(30(38)35-14-15-36(27(20-35)21-37)31(39)40-32(3,4)5)18-26(22)17-24-10-12-34(13-11-24)29-9-7-6-8-25(29)19-33;1-19-13-20(2)25(27(33)31-12-9-29-24(17-31)18-32)15-23(19)14-21-7-10-30(11-8-21)26-6-4-3-5-22(26)16-28/h6-9,16,18,24,27,37H,10-15,17,20-21H2,1-5H3;3-6,13,15,21,24,29,32H,7-12,14,17-18H2,1-2H3/t27-;24-/m00/s1. The molecular weight excluding hydrogens is 917 g/mol. The van der Waals surface area contributed by atoms with Crippen molar-refractivity contribution in [3.63, 3.8) is 0 Å². The van der Waals surface area contributed by atoms with Gasteiger partial charge in [0.2, 0.25) is 0 Å². The van der Waals surface area contributed by atoms with Crippen LogP contribution in [0.1, 0.15) is 112 Å². The van der Waals surface area contributed by atoms with Crippen LogP contribution in [-0.4, -0.2) is 139 Å². The van der Waals surface area contributed by atoms with Crippen LogP contribution < -0.4 is 15.1 Å². The summed E-state index contributed by atoms with van der Waals surface area (Å²) >= 11 is 0. The first-order valence-corrected chi connectivity index (χ1v) is 26.2. The van der Waals surface area contributed by atoms with E-state index in [0.29, 0.717) is 55.7 Å². The van der Waals surface area contributed by atoms with Gasteiger partial charge in [0.25, 0.3) is 11.8 Å². The molecule has 73 heavy (non-hydrogen) atoms. The Morgan fingerprint density at radius 2 is 1.10 bits per heavy atom. The summed E-state index contributed by atoms with van der Waals surface area (Å²) in [6, 6.07) is 28.1. The van der Waals surface area contributed by atoms with Crippen molar-refractivity contribution in [2.75, 3.05) is 88.5 Å². The first-order chi connectivity index (χ1) is 35.0. The van der Waals surface area contributed by atoms with Gasteiger partial charge in [-0.25, -0.2) is 4.79 Å². The van der Waals surface area contributed by atoms with Crippen molar-refractivity contribution in [2.24, 2.45) is 11.8 Å². The van der Waals surface area contributed by atoms with E-state index in [1.54, 1.807) is 4.90 Å². The molecule has 4 heterocycles. The number of para-hydroxylation sites is 2. The number of piperazine rings is 2. The molecule has 3 N–H and O–H groups in total. The second-order valence-corrected chi connectivity index (χ2v) is 21.6. The van der Waals surface area contributed by atoms with E-state index in [-0.39, 0.29) is 37.6 Å². The van der Waals surface area contributed by atoms with Crippen molar-refractivity contribution in [3.05, 3.63) is 128 Å². The van der Waals surface area contributed by atoms with Crippen LogP contribution in [0.25, 0.3) is 0 Å². The summed E-state index contributed by atoms with van der Waals surface area (Å²) in [5, 5.41) is 41.6. The number of piperidine rings is 2. The number of ether oxygens (including phenoxy) is 1. The summed E-state index contributed by atoms with van der Waals surface area (Å²) < 4.78 is 5.51. The molecule has 4 saturated heterocycles. The Labute approximate surface area is 433 Å². The molecule has 388 valence electrons. The van der Waals surface area contributed by atoms with Gasteiger partial charge >= 0.3 is 6.09 Å².